The number of nitrogens with one attached hydrogen (secondary N) is 2. The minimum absolute atomic E-state index is 0. The molecule has 1 aliphatic heterocycles. The number of nitrogens with zero attached hydrogens (tertiary/aromatic N) is 3. The first-order valence-electron chi connectivity index (χ1n) is 8.18. The second-order valence-corrected chi connectivity index (χ2v) is 6.15. The first-order valence-corrected chi connectivity index (χ1v) is 8.18. The fourth-order valence-electron chi connectivity index (χ4n) is 2.82. The molecule has 0 saturated carbocycles. The van der Waals surface area contributed by atoms with E-state index in [1.54, 1.807) is 7.05 Å². The molecule has 1 aliphatic rings. The smallest absolute Gasteiger partial charge is 0.214 e. The van der Waals surface area contributed by atoms with Crippen LogP contribution in [0.5, 0.6) is 0 Å². The average molecular weight is 435 g/mol. The van der Waals surface area contributed by atoms with Crippen LogP contribution in [0.15, 0.2) is 9.41 Å². The highest BCUT2D eigenvalue weighted by atomic mass is 127. The Balaban J connectivity index is 0.00000264. The van der Waals surface area contributed by atoms with Crippen molar-refractivity contribution < 1.29 is 4.42 Å². The van der Waals surface area contributed by atoms with Gasteiger partial charge in [-0.1, -0.05) is 6.92 Å². The molecule has 1 saturated heterocycles. The van der Waals surface area contributed by atoms with Crippen LogP contribution in [0.25, 0.3) is 0 Å². The third-order valence-electron chi connectivity index (χ3n) is 4.17. The molecule has 2 heterocycles. The topological polar surface area (TPSA) is 65.7 Å². The van der Waals surface area contributed by atoms with Crippen LogP contribution in [0.2, 0.25) is 0 Å². The molecular formula is C16H30IN5O. The number of aryl methyl sites for hydroxylation is 2. The summed E-state index contributed by atoms with van der Waals surface area (Å²) in [5.41, 5.74) is 0.943. The molecular weight excluding hydrogens is 405 g/mol. The highest BCUT2D eigenvalue weighted by molar-refractivity contribution is 14.0. The summed E-state index contributed by atoms with van der Waals surface area (Å²) in [6.07, 6.45) is 2.68. The highest BCUT2D eigenvalue weighted by Crippen LogP contribution is 2.14. The summed E-state index contributed by atoms with van der Waals surface area (Å²) in [5, 5.41) is 6.59. The predicted molar refractivity (Wildman–Crippen MR) is 104 cm³/mol. The van der Waals surface area contributed by atoms with E-state index in [0.29, 0.717) is 12.4 Å². The molecule has 1 aromatic rings. The number of rotatable bonds is 5. The van der Waals surface area contributed by atoms with Crippen molar-refractivity contribution >= 4 is 29.9 Å². The molecule has 23 heavy (non-hydrogen) atoms. The van der Waals surface area contributed by atoms with Crippen LogP contribution in [0.3, 0.4) is 0 Å². The van der Waals surface area contributed by atoms with Gasteiger partial charge in [0.25, 0.3) is 0 Å². The molecule has 6 nitrogen and oxygen atoms in total. The van der Waals surface area contributed by atoms with Crippen molar-refractivity contribution in [1.29, 1.82) is 0 Å². The van der Waals surface area contributed by atoms with E-state index >= 15 is 0 Å². The maximum absolute atomic E-state index is 5.56. The summed E-state index contributed by atoms with van der Waals surface area (Å²) >= 11 is 0. The lowest BCUT2D eigenvalue weighted by molar-refractivity contribution is 0.187. The quantitative estimate of drug-likeness (QED) is 0.422. The van der Waals surface area contributed by atoms with E-state index < -0.39 is 0 Å². The molecule has 1 unspecified atom stereocenters. The van der Waals surface area contributed by atoms with E-state index in [9.17, 15) is 0 Å². The zero-order valence-electron chi connectivity index (χ0n) is 14.7. The van der Waals surface area contributed by atoms with E-state index in [4.69, 9.17) is 4.42 Å². The third-order valence-corrected chi connectivity index (χ3v) is 4.17. The summed E-state index contributed by atoms with van der Waals surface area (Å²) in [5.74, 6) is 3.18. The number of aromatic nitrogens is 1. The fourth-order valence-corrected chi connectivity index (χ4v) is 2.82. The number of piperidine rings is 1. The van der Waals surface area contributed by atoms with Gasteiger partial charge in [-0.15, -0.1) is 24.0 Å². The molecule has 0 aromatic carbocycles. The lowest BCUT2D eigenvalue weighted by Crippen LogP contribution is -2.43. The number of guanidine groups is 1. The molecule has 0 bridgehead atoms. The van der Waals surface area contributed by atoms with E-state index in [1.165, 1.54) is 25.9 Å². The van der Waals surface area contributed by atoms with Gasteiger partial charge in [0, 0.05) is 26.7 Å². The molecule has 2 rings (SSSR count). The van der Waals surface area contributed by atoms with E-state index in [2.05, 4.69) is 32.4 Å². The molecule has 1 aromatic heterocycles. The minimum Gasteiger partial charge on any atom is -0.444 e. The summed E-state index contributed by atoms with van der Waals surface area (Å²) < 4.78 is 5.56. The van der Waals surface area contributed by atoms with Crippen LogP contribution >= 0.6 is 24.0 Å². The zero-order chi connectivity index (χ0) is 15.9. The lowest BCUT2D eigenvalue weighted by Gasteiger charge is -2.30. The normalized spacial score (nSPS) is 19.3. The van der Waals surface area contributed by atoms with Gasteiger partial charge in [0.15, 0.2) is 5.96 Å². The number of halogens is 1. The number of hydrogen-bond acceptors (Lipinski definition) is 4. The molecule has 0 amide bonds. The Labute approximate surface area is 156 Å². The van der Waals surface area contributed by atoms with Crippen LogP contribution in [0.4, 0.5) is 0 Å². The molecule has 2 N–H and O–H groups in total. The van der Waals surface area contributed by atoms with Gasteiger partial charge in [0.05, 0.1) is 12.2 Å². The van der Waals surface area contributed by atoms with E-state index in [0.717, 1.165) is 36.4 Å². The maximum atomic E-state index is 5.56. The summed E-state index contributed by atoms with van der Waals surface area (Å²) in [4.78, 5) is 11.1. The van der Waals surface area contributed by atoms with Crippen LogP contribution in [-0.2, 0) is 6.54 Å². The first kappa shape index (κ1) is 20.2. The van der Waals surface area contributed by atoms with Crippen LogP contribution in [-0.4, -0.2) is 49.1 Å². The Bertz CT molecular complexity index is 483. The third kappa shape index (κ3) is 6.66. The molecule has 0 aliphatic carbocycles. The van der Waals surface area contributed by atoms with Crippen molar-refractivity contribution in [2.45, 2.75) is 40.2 Å². The summed E-state index contributed by atoms with van der Waals surface area (Å²) in [7, 11) is 1.78. The van der Waals surface area contributed by atoms with Gasteiger partial charge < -0.3 is 20.0 Å². The molecule has 0 spiro atoms. The average Bonchev–Trinajstić information content (AvgIpc) is 2.81. The van der Waals surface area contributed by atoms with Gasteiger partial charge in [-0.05, 0) is 39.2 Å². The van der Waals surface area contributed by atoms with Crippen molar-refractivity contribution in [2.24, 2.45) is 10.9 Å². The summed E-state index contributed by atoms with van der Waals surface area (Å²) in [6, 6.07) is 0. The Morgan fingerprint density at radius 1 is 1.39 bits per heavy atom. The van der Waals surface area contributed by atoms with Gasteiger partial charge >= 0.3 is 0 Å². The Kier molecular flexibility index (Phi) is 8.90. The monoisotopic (exact) mass is 435 g/mol. The van der Waals surface area contributed by atoms with Gasteiger partial charge in [-0.3, -0.25) is 4.99 Å². The first-order chi connectivity index (χ1) is 10.6. The molecule has 7 heteroatoms. The Hall–Kier alpha value is -0.830. The van der Waals surface area contributed by atoms with E-state index in [1.807, 2.05) is 13.8 Å². The van der Waals surface area contributed by atoms with Crippen molar-refractivity contribution in [3.8, 4) is 0 Å². The van der Waals surface area contributed by atoms with Gasteiger partial charge in [-0.2, -0.15) is 0 Å². The predicted octanol–water partition coefficient (Wildman–Crippen LogP) is 2.31. The largest absolute Gasteiger partial charge is 0.444 e. The molecule has 0 radical (unpaired) electrons. The maximum Gasteiger partial charge on any atom is 0.214 e. The fraction of sp³-hybridized carbons (Fsp3) is 0.750. The number of aliphatic imine (C=N–C) groups is 1. The Morgan fingerprint density at radius 3 is 2.78 bits per heavy atom. The van der Waals surface area contributed by atoms with E-state index in [-0.39, 0.29) is 24.0 Å². The Morgan fingerprint density at radius 2 is 2.17 bits per heavy atom. The highest BCUT2D eigenvalue weighted by Gasteiger charge is 2.15. The second kappa shape index (κ2) is 10.1. The number of hydrogen-bond donors (Lipinski definition) is 2. The van der Waals surface area contributed by atoms with Crippen LogP contribution < -0.4 is 10.6 Å². The van der Waals surface area contributed by atoms with Gasteiger partial charge in [0.2, 0.25) is 5.89 Å². The molecule has 1 atom stereocenters. The molecule has 1 fully saturated rings. The van der Waals surface area contributed by atoms with Gasteiger partial charge in [0.1, 0.15) is 5.76 Å². The van der Waals surface area contributed by atoms with Crippen molar-refractivity contribution in [3.05, 3.63) is 17.3 Å². The number of oxazole rings is 1. The lowest BCUT2D eigenvalue weighted by atomic mass is 10.0. The summed E-state index contributed by atoms with van der Waals surface area (Å²) in [6.45, 7) is 11.1. The standard InChI is InChI=1S/C16H29N5O.HI/c1-12-6-5-8-21(11-12)9-7-18-16(17-4)19-10-15-20-13(2)14(3)22-15;/h12H,5-11H2,1-4H3,(H2,17,18,19);1H. The van der Waals surface area contributed by atoms with Gasteiger partial charge in [-0.25, -0.2) is 4.98 Å². The van der Waals surface area contributed by atoms with Crippen LogP contribution in [0.1, 0.15) is 37.1 Å². The number of likely N-dealkylation sites (tertiary alicyclic amines) is 1. The minimum atomic E-state index is 0. The molecule has 132 valence electrons. The van der Waals surface area contributed by atoms with Crippen molar-refractivity contribution in [3.63, 3.8) is 0 Å². The van der Waals surface area contributed by atoms with Crippen molar-refractivity contribution in [2.75, 3.05) is 33.2 Å². The zero-order valence-corrected chi connectivity index (χ0v) is 17.0. The van der Waals surface area contributed by atoms with Crippen molar-refractivity contribution in [1.82, 2.24) is 20.5 Å². The second-order valence-electron chi connectivity index (χ2n) is 6.15. The van der Waals surface area contributed by atoms with Crippen LogP contribution in [0, 0.1) is 19.8 Å². The SMILES string of the molecule is CN=C(NCCN1CCCC(C)C1)NCc1nc(C)c(C)o1.I.